The summed E-state index contributed by atoms with van der Waals surface area (Å²) in [5.74, 6) is 0.866. The van der Waals surface area contributed by atoms with Crippen molar-refractivity contribution < 1.29 is 14.3 Å². The summed E-state index contributed by atoms with van der Waals surface area (Å²) in [6.07, 6.45) is 3.37. The number of ether oxygens (including phenoxy) is 1. The number of thioether (sulfide) groups is 1. The molecule has 2 amide bonds. The van der Waals surface area contributed by atoms with Crippen LogP contribution in [0.3, 0.4) is 0 Å². The number of esters is 1. The van der Waals surface area contributed by atoms with Crippen LogP contribution in [0.2, 0.25) is 0 Å². The van der Waals surface area contributed by atoms with Gasteiger partial charge in [-0.05, 0) is 33.6 Å². The number of amides is 2. The van der Waals surface area contributed by atoms with E-state index in [-0.39, 0.29) is 24.1 Å². The molecule has 0 saturated carbocycles. The van der Waals surface area contributed by atoms with Gasteiger partial charge in [0.25, 0.3) is 0 Å². The summed E-state index contributed by atoms with van der Waals surface area (Å²) in [6, 6.07) is 0.497. The zero-order valence-corrected chi connectivity index (χ0v) is 13.2. The third-order valence-electron chi connectivity index (χ3n) is 3.48. The lowest BCUT2D eigenvalue weighted by molar-refractivity contribution is -0.154. The van der Waals surface area contributed by atoms with E-state index in [2.05, 4.69) is 10.6 Å². The third kappa shape index (κ3) is 4.30. The molecule has 0 aromatic rings. The highest BCUT2D eigenvalue weighted by atomic mass is 32.2. The van der Waals surface area contributed by atoms with Gasteiger partial charge in [0, 0.05) is 17.4 Å². The Balaban J connectivity index is 1.62. The van der Waals surface area contributed by atoms with Crippen LogP contribution in [0.5, 0.6) is 0 Å². The number of urea groups is 1. The van der Waals surface area contributed by atoms with Crippen molar-refractivity contribution in [3.8, 4) is 0 Å². The Morgan fingerprint density at radius 2 is 2.10 bits per heavy atom. The minimum atomic E-state index is -0.397. The van der Waals surface area contributed by atoms with Crippen LogP contribution in [0.25, 0.3) is 0 Å². The van der Waals surface area contributed by atoms with Gasteiger partial charge in [-0.2, -0.15) is 11.8 Å². The van der Waals surface area contributed by atoms with E-state index in [1.54, 1.807) is 0 Å². The number of carbonyl (C=O) groups is 2. The van der Waals surface area contributed by atoms with Crippen LogP contribution >= 0.6 is 11.8 Å². The molecular weight excluding hydrogens is 276 g/mol. The van der Waals surface area contributed by atoms with E-state index >= 15 is 0 Å². The Labute approximate surface area is 124 Å². The first-order valence-electron chi connectivity index (χ1n) is 7.25. The minimum absolute atomic E-state index is 0.0425. The largest absolute Gasteiger partial charge is 0.460 e. The second kappa shape index (κ2) is 6.24. The maximum atomic E-state index is 11.6. The van der Waals surface area contributed by atoms with E-state index in [1.165, 1.54) is 0 Å². The van der Waals surface area contributed by atoms with Crippen LogP contribution in [0.4, 0.5) is 4.79 Å². The van der Waals surface area contributed by atoms with Gasteiger partial charge in [-0.15, -0.1) is 0 Å². The van der Waals surface area contributed by atoms with E-state index in [1.807, 2.05) is 32.5 Å². The predicted molar refractivity (Wildman–Crippen MR) is 79.8 cm³/mol. The standard InChI is InChI=1S/C14H24N2O3S/c1-14(2,3)19-11(17)7-5-4-6-10-12-9(8-20-10)15-13(18)16-12/h9-10,12H,4-8H2,1-3H3,(H2,15,16,18)/t9-,10-,12-/m0/s1. The fraction of sp³-hybridized carbons (Fsp3) is 0.857. The van der Waals surface area contributed by atoms with E-state index in [0.29, 0.717) is 11.7 Å². The van der Waals surface area contributed by atoms with Gasteiger partial charge in [0.15, 0.2) is 0 Å². The smallest absolute Gasteiger partial charge is 0.315 e. The molecule has 2 saturated heterocycles. The zero-order valence-electron chi connectivity index (χ0n) is 12.4. The fourth-order valence-electron chi connectivity index (χ4n) is 2.65. The Morgan fingerprint density at radius 1 is 1.35 bits per heavy atom. The maximum absolute atomic E-state index is 11.6. The molecule has 2 aliphatic rings. The quantitative estimate of drug-likeness (QED) is 0.463. The topological polar surface area (TPSA) is 67.4 Å². The number of rotatable bonds is 5. The number of hydrogen-bond acceptors (Lipinski definition) is 4. The minimum Gasteiger partial charge on any atom is -0.460 e. The van der Waals surface area contributed by atoms with Gasteiger partial charge in [-0.1, -0.05) is 6.42 Å². The second-order valence-electron chi connectivity index (χ2n) is 6.45. The first-order chi connectivity index (χ1) is 9.35. The molecule has 2 heterocycles. The van der Waals surface area contributed by atoms with Crippen molar-refractivity contribution in [1.82, 2.24) is 10.6 Å². The number of fused-ring (bicyclic) bond motifs is 1. The Kier molecular flexibility index (Phi) is 4.83. The van der Waals surface area contributed by atoms with Gasteiger partial charge in [0.2, 0.25) is 0 Å². The highest BCUT2D eigenvalue weighted by Crippen LogP contribution is 2.33. The number of carbonyl (C=O) groups excluding carboxylic acids is 2. The third-order valence-corrected chi connectivity index (χ3v) is 4.99. The molecule has 2 N–H and O–H groups in total. The molecule has 6 heteroatoms. The Morgan fingerprint density at radius 3 is 2.80 bits per heavy atom. The molecule has 2 aliphatic heterocycles. The van der Waals surface area contributed by atoms with Gasteiger partial charge in [0.1, 0.15) is 5.60 Å². The number of nitrogens with one attached hydrogen (secondary N) is 2. The molecule has 0 aromatic carbocycles. The summed E-state index contributed by atoms with van der Waals surface area (Å²) in [5.41, 5.74) is -0.397. The summed E-state index contributed by atoms with van der Waals surface area (Å²) in [4.78, 5) is 22.8. The van der Waals surface area contributed by atoms with Gasteiger partial charge in [-0.25, -0.2) is 4.79 Å². The van der Waals surface area contributed by atoms with Gasteiger partial charge < -0.3 is 15.4 Å². The summed E-state index contributed by atoms with van der Waals surface area (Å²) in [5, 5.41) is 6.39. The highest BCUT2D eigenvalue weighted by molar-refractivity contribution is 8.00. The monoisotopic (exact) mass is 300 g/mol. The normalized spacial score (nSPS) is 28.8. The Hall–Kier alpha value is -0.910. The van der Waals surface area contributed by atoms with Crippen LogP contribution < -0.4 is 10.6 Å². The molecule has 3 atom stereocenters. The molecule has 0 aliphatic carbocycles. The van der Waals surface area contributed by atoms with Crippen molar-refractivity contribution in [1.29, 1.82) is 0 Å². The Bertz CT molecular complexity index is 381. The maximum Gasteiger partial charge on any atom is 0.315 e. The summed E-state index contributed by atoms with van der Waals surface area (Å²) in [6.45, 7) is 5.65. The van der Waals surface area contributed by atoms with Gasteiger partial charge in [-0.3, -0.25) is 4.79 Å². The van der Waals surface area contributed by atoms with Crippen LogP contribution in [0.1, 0.15) is 46.5 Å². The van der Waals surface area contributed by atoms with Crippen molar-refractivity contribution in [3.63, 3.8) is 0 Å². The molecule has 0 bridgehead atoms. The van der Waals surface area contributed by atoms with E-state index in [4.69, 9.17) is 4.74 Å². The molecule has 2 rings (SSSR count). The van der Waals surface area contributed by atoms with Crippen LogP contribution in [-0.4, -0.2) is 40.7 Å². The number of unbranched alkanes of at least 4 members (excludes halogenated alkanes) is 1. The summed E-state index contributed by atoms with van der Waals surface area (Å²) >= 11 is 1.91. The summed E-state index contributed by atoms with van der Waals surface area (Å²) < 4.78 is 5.28. The zero-order chi connectivity index (χ0) is 14.8. The molecule has 0 radical (unpaired) electrons. The van der Waals surface area contributed by atoms with Gasteiger partial charge >= 0.3 is 12.0 Å². The van der Waals surface area contributed by atoms with Crippen LogP contribution in [0.15, 0.2) is 0 Å². The molecule has 5 nitrogen and oxygen atoms in total. The van der Waals surface area contributed by atoms with E-state index in [9.17, 15) is 9.59 Å². The summed E-state index contributed by atoms with van der Waals surface area (Å²) in [7, 11) is 0. The van der Waals surface area contributed by atoms with E-state index < -0.39 is 5.60 Å². The number of hydrogen-bond donors (Lipinski definition) is 2. The highest BCUT2D eigenvalue weighted by Gasteiger charge is 2.42. The lowest BCUT2D eigenvalue weighted by Gasteiger charge is -2.20. The van der Waals surface area contributed by atoms with Crippen LogP contribution in [0, 0.1) is 0 Å². The average Bonchev–Trinajstić information content (AvgIpc) is 2.82. The predicted octanol–water partition coefficient (Wildman–Crippen LogP) is 2.05. The van der Waals surface area contributed by atoms with Crippen molar-refractivity contribution in [2.24, 2.45) is 0 Å². The molecular formula is C14H24N2O3S. The first-order valence-corrected chi connectivity index (χ1v) is 8.30. The lowest BCUT2D eigenvalue weighted by Crippen LogP contribution is -2.36. The lowest BCUT2D eigenvalue weighted by atomic mass is 10.0. The van der Waals surface area contributed by atoms with Crippen molar-refractivity contribution in [2.45, 2.75) is 69.4 Å². The van der Waals surface area contributed by atoms with Gasteiger partial charge in [0.05, 0.1) is 12.1 Å². The molecule has 0 aromatic heterocycles. The first kappa shape index (κ1) is 15.5. The SMILES string of the molecule is CC(C)(C)OC(=O)CCCC[C@@H]1SC[C@@H]2NC(=O)N[C@@H]21. The second-order valence-corrected chi connectivity index (χ2v) is 7.73. The molecule has 20 heavy (non-hydrogen) atoms. The van der Waals surface area contributed by atoms with Crippen molar-refractivity contribution in [2.75, 3.05) is 5.75 Å². The molecule has 0 unspecified atom stereocenters. The van der Waals surface area contributed by atoms with Crippen LogP contribution in [-0.2, 0) is 9.53 Å². The van der Waals surface area contributed by atoms with E-state index in [0.717, 1.165) is 25.0 Å². The molecule has 0 spiro atoms. The van der Waals surface area contributed by atoms with Crippen molar-refractivity contribution >= 4 is 23.8 Å². The molecule has 2 fully saturated rings. The average molecular weight is 300 g/mol. The molecule has 114 valence electrons. The fourth-order valence-corrected chi connectivity index (χ4v) is 4.19. The van der Waals surface area contributed by atoms with Crippen molar-refractivity contribution in [3.05, 3.63) is 0 Å².